The molecule has 2 N–H and O–H groups in total. The predicted molar refractivity (Wildman–Crippen MR) is 63.5 cm³/mol. The van der Waals surface area contributed by atoms with Crippen molar-refractivity contribution in [2.75, 3.05) is 39.5 Å². The summed E-state index contributed by atoms with van der Waals surface area (Å²) in [5.74, 6) is 0. The van der Waals surface area contributed by atoms with Gasteiger partial charge in [0.25, 0.3) is 0 Å². The second-order valence-corrected chi connectivity index (χ2v) is 4.87. The summed E-state index contributed by atoms with van der Waals surface area (Å²) in [6, 6.07) is 0. The molecular weight excluding hydrogens is 206 g/mol. The molecule has 0 aromatic heterocycles. The molecule has 0 aromatic rings. The van der Waals surface area contributed by atoms with Gasteiger partial charge in [0.2, 0.25) is 0 Å². The lowest BCUT2D eigenvalue weighted by Gasteiger charge is -2.34. The van der Waals surface area contributed by atoms with Crippen LogP contribution in [-0.4, -0.2) is 50.7 Å². The van der Waals surface area contributed by atoms with E-state index >= 15 is 0 Å². The zero-order valence-corrected chi connectivity index (χ0v) is 10.5. The van der Waals surface area contributed by atoms with Crippen LogP contribution in [0.3, 0.4) is 0 Å². The fourth-order valence-electron chi connectivity index (χ4n) is 1.89. The first-order valence-electron chi connectivity index (χ1n) is 6.20. The number of aliphatic hydroxyl groups excluding tert-OH is 1. The van der Waals surface area contributed by atoms with Gasteiger partial charge in [0, 0.05) is 32.9 Å². The summed E-state index contributed by atoms with van der Waals surface area (Å²) in [5, 5.41) is 12.9. The van der Waals surface area contributed by atoms with Gasteiger partial charge in [-0.05, 0) is 25.2 Å². The van der Waals surface area contributed by atoms with Crippen LogP contribution in [0.25, 0.3) is 0 Å². The van der Waals surface area contributed by atoms with E-state index in [9.17, 15) is 5.11 Å². The first-order chi connectivity index (χ1) is 7.66. The Hall–Kier alpha value is -0.160. The molecule has 4 nitrogen and oxygen atoms in total. The van der Waals surface area contributed by atoms with E-state index in [1.807, 2.05) is 6.92 Å². The van der Waals surface area contributed by atoms with Crippen molar-refractivity contribution in [3.8, 4) is 0 Å². The highest BCUT2D eigenvalue weighted by Gasteiger charge is 2.26. The molecule has 1 heterocycles. The smallest absolute Gasteiger partial charge is 0.0897 e. The summed E-state index contributed by atoms with van der Waals surface area (Å²) in [4.78, 5) is 0. The van der Waals surface area contributed by atoms with Gasteiger partial charge in [0.15, 0.2) is 0 Å². The van der Waals surface area contributed by atoms with Crippen molar-refractivity contribution in [2.24, 2.45) is 5.41 Å². The first-order valence-corrected chi connectivity index (χ1v) is 6.20. The first kappa shape index (κ1) is 13.9. The number of aliphatic hydroxyl groups is 1. The Labute approximate surface area is 98.3 Å². The number of nitrogens with one attached hydrogen (secondary N) is 1. The van der Waals surface area contributed by atoms with Crippen LogP contribution in [0.1, 0.15) is 26.7 Å². The van der Waals surface area contributed by atoms with Gasteiger partial charge in [0.05, 0.1) is 12.7 Å². The lowest BCUT2D eigenvalue weighted by atomic mass is 9.82. The molecular formula is C12H25NO3. The lowest BCUT2D eigenvalue weighted by molar-refractivity contribution is 0.0174. The van der Waals surface area contributed by atoms with Crippen LogP contribution in [0.2, 0.25) is 0 Å². The zero-order chi connectivity index (χ0) is 11.9. The normalized spacial score (nSPS) is 21.9. The molecule has 1 atom stereocenters. The average molecular weight is 231 g/mol. The van der Waals surface area contributed by atoms with E-state index in [0.29, 0.717) is 25.2 Å². The third-order valence-electron chi connectivity index (χ3n) is 3.15. The maximum atomic E-state index is 9.58. The van der Waals surface area contributed by atoms with Crippen molar-refractivity contribution in [1.29, 1.82) is 0 Å². The Balaban J connectivity index is 2.09. The number of rotatable bonds is 7. The largest absolute Gasteiger partial charge is 0.389 e. The highest BCUT2D eigenvalue weighted by Crippen LogP contribution is 2.28. The van der Waals surface area contributed by atoms with E-state index in [1.165, 1.54) is 0 Å². The summed E-state index contributed by atoms with van der Waals surface area (Å²) in [7, 11) is 0. The Morgan fingerprint density at radius 2 is 2.12 bits per heavy atom. The molecule has 1 unspecified atom stereocenters. The van der Waals surface area contributed by atoms with E-state index in [-0.39, 0.29) is 0 Å². The van der Waals surface area contributed by atoms with Crippen molar-refractivity contribution in [3.63, 3.8) is 0 Å². The lowest BCUT2D eigenvalue weighted by Crippen LogP contribution is -2.40. The summed E-state index contributed by atoms with van der Waals surface area (Å²) in [6.07, 6.45) is 1.80. The van der Waals surface area contributed by atoms with E-state index in [1.54, 1.807) is 0 Å². The van der Waals surface area contributed by atoms with Gasteiger partial charge in [-0.1, -0.05) is 6.92 Å². The minimum absolute atomic E-state index is 0.323. The van der Waals surface area contributed by atoms with E-state index < -0.39 is 6.10 Å². The molecule has 1 saturated heterocycles. The van der Waals surface area contributed by atoms with Crippen LogP contribution in [0.5, 0.6) is 0 Å². The molecule has 0 aromatic carbocycles. The van der Waals surface area contributed by atoms with Crippen LogP contribution in [0, 0.1) is 5.41 Å². The molecule has 0 aliphatic carbocycles. The average Bonchev–Trinajstić information content (AvgIpc) is 2.27. The number of hydrogen-bond acceptors (Lipinski definition) is 4. The van der Waals surface area contributed by atoms with Gasteiger partial charge in [-0.3, -0.25) is 0 Å². The van der Waals surface area contributed by atoms with Crippen molar-refractivity contribution in [1.82, 2.24) is 5.32 Å². The topological polar surface area (TPSA) is 50.7 Å². The van der Waals surface area contributed by atoms with Crippen LogP contribution in [-0.2, 0) is 9.47 Å². The number of hydrogen-bond donors (Lipinski definition) is 2. The van der Waals surface area contributed by atoms with Gasteiger partial charge in [-0.25, -0.2) is 0 Å². The fourth-order valence-corrected chi connectivity index (χ4v) is 1.89. The third kappa shape index (κ3) is 5.25. The van der Waals surface area contributed by atoms with Gasteiger partial charge in [0.1, 0.15) is 0 Å². The minimum atomic E-state index is -0.400. The van der Waals surface area contributed by atoms with Crippen molar-refractivity contribution in [2.45, 2.75) is 32.8 Å². The van der Waals surface area contributed by atoms with Crippen LogP contribution in [0.15, 0.2) is 0 Å². The fraction of sp³-hybridized carbons (Fsp3) is 1.00. The van der Waals surface area contributed by atoms with Gasteiger partial charge >= 0.3 is 0 Å². The molecule has 0 bridgehead atoms. The van der Waals surface area contributed by atoms with Crippen molar-refractivity contribution < 1.29 is 14.6 Å². The Bertz CT molecular complexity index is 181. The summed E-state index contributed by atoms with van der Waals surface area (Å²) in [6.45, 7) is 8.56. The molecule has 0 radical (unpaired) electrons. The molecule has 1 rings (SSSR count). The van der Waals surface area contributed by atoms with Gasteiger partial charge < -0.3 is 19.9 Å². The highest BCUT2D eigenvalue weighted by atomic mass is 16.5. The van der Waals surface area contributed by atoms with Crippen molar-refractivity contribution >= 4 is 0 Å². The van der Waals surface area contributed by atoms with E-state index in [4.69, 9.17) is 9.47 Å². The highest BCUT2D eigenvalue weighted by molar-refractivity contribution is 4.79. The summed E-state index contributed by atoms with van der Waals surface area (Å²) < 4.78 is 10.5. The molecule has 96 valence electrons. The maximum Gasteiger partial charge on any atom is 0.0897 e. The van der Waals surface area contributed by atoms with Crippen LogP contribution >= 0.6 is 0 Å². The quantitative estimate of drug-likeness (QED) is 0.680. The molecule has 4 heteroatoms. The molecule has 0 spiro atoms. The Kier molecular flexibility index (Phi) is 6.28. The molecule has 0 amide bonds. The Morgan fingerprint density at radius 3 is 2.75 bits per heavy atom. The summed E-state index contributed by atoms with van der Waals surface area (Å²) in [5.41, 5.74) is 0.323. The summed E-state index contributed by atoms with van der Waals surface area (Å²) >= 11 is 0. The van der Waals surface area contributed by atoms with Crippen LogP contribution in [0.4, 0.5) is 0 Å². The molecule has 1 aliphatic heterocycles. The molecule has 1 fully saturated rings. The van der Waals surface area contributed by atoms with Crippen molar-refractivity contribution in [3.05, 3.63) is 0 Å². The molecule has 0 saturated carbocycles. The van der Waals surface area contributed by atoms with E-state index in [0.717, 1.165) is 32.6 Å². The standard InChI is InChI=1S/C12H25NO3/c1-3-15-9-11(14)8-13-10-12(2)4-6-16-7-5-12/h11,13-14H,3-10H2,1-2H3. The SMILES string of the molecule is CCOCC(O)CNCC1(C)CCOCC1. The Morgan fingerprint density at radius 1 is 1.44 bits per heavy atom. The predicted octanol–water partition coefficient (Wildman–Crippen LogP) is 0.790. The monoisotopic (exact) mass is 231 g/mol. The van der Waals surface area contributed by atoms with Gasteiger partial charge in [-0.15, -0.1) is 0 Å². The second kappa shape index (κ2) is 7.22. The van der Waals surface area contributed by atoms with Crippen LogP contribution < -0.4 is 5.32 Å². The second-order valence-electron chi connectivity index (χ2n) is 4.87. The molecule has 1 aliphatic rings. The van der Waals surface area contributed by atoms with Gasteiger partial charge in [-0.2, -0.15) is 0 Å². The maximum absolute atomic E-state index is 9.58. The van der Waals surface area contributed by atoms with E-state index in [2.05, 4.69) is 12.2 Å². The minimum Gasteiger partial charge on any atom is -0.389 e. The third-order valence-corrected chi connectivity index (χ3v) is 3.15. The number of ether oxygens (including phenoxy) is 2. The zero-order valence-electron chi connectivity index (χ0n) is 10.5. The molecule has 16 heavy (non-hydrogen) atoms.